The van der Waals surface area contributed by atoms with Crippen molar-refractivity contribution in [1.29, 1.82) is 0 Å². The summed E-state index contributed by atoms with van der Waals surface area (Å²) >= 11 is 0. The fraction of sp³-hybridized carbons (Fsp3) is 0.333. The van der Waals surface area contributed by atoms with E-state index >= 15 is 0 Å². The van der Waals surface area contributed by atoms with Crippen LogP contribution in [-0.2, 0) is 26.0 Å². The Morgan fingerprint density at radius 2 is 1.67 bits per heavy atom. The van der Waals surface area contributed by atoms with Crippen molar-refractivity contribution >= 4 is 27.5 Å². The summed E-state index contributed by atoms with van der Waals surface area (Å²) in [5, 5.41) is 5.24. The Morgan fingerprint density at radius 1 is 0.967 bits per heavy atom. The number of para-hydroxylation sites is 1. The molecule has 0 aliphatic carbocycles. The Morgan fingerprint density at radius 3 is 2.33 bits per heavy atom. The van der Waals surface area contributed by atoms with Crippen molar-refractivity contribution in [3.63, 3.8) is 0 Å². The molecule has 2 aromatic rings. The molecule has 162 valence electrons. The number of nitrogens with one attached hydrogen (secondary N) is 3. The Hall–Kier alpha value is -2.91. The van der Waals surface area contributed by atoms with Crippen LogP contribution in [-0.4, -0.2) is 39.9 Å². The number of carbonyl (C=O) groups excluding carboxylic acids is 2. The lowest BCUT2D eigenvalue weighted by Gasteiger charge is -2.11. The number of carbonyl (C=O) groups is 2. The SMILES string of the molecule is CCOc1ccc(S(=O)(=O)NCCC(=O)NCC(=O)Nc2ccccc2CC)cc1. The molecule has 0 aliphatic heterocycles. The van der Waals surface area contributed by atoms with Gasteiger partial charge in [-0.3, -0.25) is 9.59 Å². The topological polar surface area (TPSA) is 114 Å². The van der Waals surface area contributed by atoms with Crippen molar-refractivity contribution in [3.8, 4) is 5.75 Å². The molecule has 0 unspecified atom stereocenters. The lowest BCUT2D eigenvalue weighted by molar-refractivity contribution is -0.124. The zero-order chi connectivity index (χ0) is 22.0. The van der Waals surface area contributed by atoms with Gasteiger partial charge in [0.05, 0.1) is 18.0 Å². The average molecular weight is 434 g/mol. The minimum Gasteiger partial charge on any atom is -0.494 e. The lowest BCUT2D eigenvalue weighted by atomic mass is 10.1. The third kappa shape index (κ3) is 7.16. The van der Waals surface area contributed by atoms with Crippen molar-refractivity contribution in [2.45, 2.75) is 31.6 Å². The Kier molecular flexibility index (Phi) is 8.82. The monoisotopic (exact) mass is 433 g/mol. The zero-order valence-corrected chi connectivity index (χ0v) is 17.9. The smallest absolute Gasteiger partial charge is 0.243 e. The van der Waals surface area contributed by atoms with E-state index in [1.807, 2.05) is 32.0 Å². The van der Waals surface area contributed by atoms with Crippen LogP contribution in [0.5, 0.6) is 5.75 Å². The summed E-state index contributed by atoms with van der Waals surface area (Å²) < 4.78 is 32.2. The van der Waals surface area contributed by atoms with Gasteiger partial charge >= 0.3 is 0 Å². The van der Waals surface area contributed by atoms with Crippen LogP contribution < -0.4 is 20.1 Å². The lowest BCUT2D eigenvalue weighted by Crippen LogP contribution is -2.35. The molecule has 8 nitrogen and oxygen atoms in total. The number of rotatable bonds is 11. The summed E-state index contributed by atoms with van der Waals surface area (Å²) in [6.45, 7) is 4.04. The second-order valence-corrected chi connectivity index (χ2v) is 8.15. The fourth-order valence-electron chi connectivity index (χ4n) is 2.68. The van der Waals surface area contributed by atoms with Crippen LogP contribution in [0.3, 0.4) is 0 Å². The molecule has 2 amide bonds. The van der Waals surface area contributed by atoms with Crippen LogP contribution in [0, 0.1) is 0 Å². The molecule has 0 radical (unpaired) electrons. The molecular weight excluding hydrogens is 406 g/mol. The third-order valence-electron chi connectivity index (χ3n) is 4.21. The maximum absolute atomic E-state index is 12.3. The number of amides is 2. The maximum atomic E-state index is 12.3. The van der Waals surface area contributed by atoms with E-state index in [2.05, 4.69) is 15.4 Å². The molecule has 0 saturated heterocycles. The van der Waals surface area contributed by atoms with Crippen LogP contribution in [0.15, 0.2) is 53.4 Å². The number of anilines is 1. The molecule has 30 heavy (non-hydrogen) atoms. The van der Waals surface area contributed by atoms with Gasteiger partial charge in [0.15, 0.2) is 0 Å². The van der Waals surface area contributed by atoms with Gasteiger partial charge < -0.3 is 15.4 Å². The first-order valence-electron chi connectivity index (χ1n) is 9.72. The summed E-state index contributed by atoms with van der Waals surface area (Å²) in [6, 6.07) is 13.4. The van der Waals surface area contributed by atoms with E-state index in [1.54, 1.807) is 18.2 Å². The predicted molar refractivity (Wildman–Crippen MR) is 115 cm³/mol. The van der Waals surface area contributed by atoms with Crippen molar-refractivity contribution < 1.29 is 22.7 Å². The maximum Gasteiger partial charge on any atom is 0.243 e. The summed E-state index contributed by atoms with van der Waals surface area (Å²) in [5.41, 5.74) is 1.71. The van der Waals surface area contributed by atoms with Gasteiger partial charge in [-0.15, -0.1) is 0 Å². The van der Waals surface area contributed by atoms with Gasteiger partial charge in [0, 0.05) is 18.7 Å². The molecule has 0 saturated carbocycles. The van der Waals surface area contributed by atoms with Gasteiger partial charge in [-0.25, -0.2) is 13.1 Å². The second-order valence-electron chi connectivity index (χ2n) is 6.39. The first-order valence-corrected chi connectivity index (χ1v) is 11.2. The number of sulfonamides is 1. The van der Waals surface area contributed by atoms with E-state index in [4.69, 9.17) is 4.74 Å². The average Bonchev–Trinajstić information content (AvgIpc) is 2.73. The number of ether oxygens (including phenoxy) is 1. The summed E-state index contributed by atoms with van der Waals surface area (Å²) in [4.78, 5) is 24.0. The van der Waals surface area contributed by atoms with Crippen molar-refractivity contribution in [2.24, 2.45) is 0 Å². The van der Waals surface area contributed by atoms with E-state index in [-0.39, 0.29) is 30.3 Å². The minimum atomic E-state index is -3.73. The van der Waals surface area contributed by atoms with Crippen LogP contribution in [0.1, 0.15) is 25.8 Å². The zero-order valence-electron chi connectivity index (χ0n) is 17.1. The molecule has 0 aliphatic rings. The van der Waals surface area contributed by atoms with Gasteiger partial charge in [0.2, 0.25) is 21.8 Å². The van der Waals surface area contributed by atoms with Gasteiger partial charge in [-0.1, -0.05) is 25.1 Å². The normalized spacial score (nSPS) is 11.0. The number of hydrogen-bond donors (Lipinski definition) is 3. The van der Waals surface area contributed by atoms with Crippen LogP contribution >= 0.6 is 0 Å². The Labute approximate surface area is 177 Å². The predicted octanol–water partition coefficient (Wildman–Crippen LogP) is 2.07. The quantitative estimate of drug-likeness (QED) is 0.502. The van der Waals surface area contributed by atoms with Crippen molar-refractivity contribution in [3.05, 3.63) is 54.1 Å². The van der Waals surface area contributed by atoms with Gasteiger partial charge in [0.1, 0.15) is 5.75 Å². The summed E-state index contributed by atoms with van der Waals surface area (Å²) in [7, 11) is -3.73. The van der Waals surface area contributed by atoms with E-state index in [1.165, 1.54) is 12.1 Å². The molecule has 0 bridgehead atoms. The molecule has 2 aromatic carbocycles. The van der Waals surface area contributed by atoms with Crippen LogP contribution in [0.2, 0.25) is 0 Å². The molecule has 0 atom stereocenters. The van der Waals surface area contributed by atoms with Gasteiger partial charge in [-0.2, -0.15) is 0 Å². The van der Waals surface area contributed by atoms with E-state index in [0.29, 0.717) is 18.0 Å². The molecule has 0 heterocycles. The minimum absolute atomic E-state index is 0.0817. The van der Waals surface area contributed by atoms with E-state index < -0.39 is 15.9 Å². The number of aryl methyl sites for hydroxylation is 1. The number of benzene rings is 2. The summed E-state index contributed by atoms with van der Waals surface area (Å²) in [5.74, 6) is -0.196. The highest BCUT2D eigenvalue weighted by Gasteiger charge is 2.15. The third-order valence-corrected chi connectivity index (χ3v) is 5.68. The standard InChI is InChI=1S/C21H27N3O5S/c1-3-16-7-5-6-8-19(16)24-21(26)15-22-20(25)13-14-23-30(27,28)18-11-9-17(10-12-18)29-4-2/h5-12,23H,3-4,13-15H2,1-2H3,(H,22,25)(H,24,26). The van der Waals surface area contributed by atoms with Crippen LogP contribution in [0.4, 0.5) is 5.69 Å². The molecule has 0 spiro atoms. The Bertz CT molecular complexity index is 959. The first kappa shape index (κ1) is 23.4. The van der Waals surface area contributed by atoms with Gasteiger partial charge in [0.25, 0.3) is 0 Å². The summed E-state index contributed by atoms with van der Waals surface area (Å²) in [6.07, 6.45) is 0.687. The second kappa shape index (κ2) is 11.3. The number of hydrogen-bond acceptors (Lipinski definition) is 5. The Balaban J connectivity index is 1.75. The van der Waals surface area contributed by atoms with Crippen molar-refractivity contribution in [1.82, 2.24) is 10.0 Å². The highest BCUT2D eigenvalue weighted by molar-refractivity contribution is 7.89. The molecule has 2 rings (SSSR count). The first-order chi connectivity index (χ1) is 14.4. The van der Waals surface area contributed by atoms with Crippen LogP contribution in [0.25, 0.3) is 0 Å². The van der Waals surface area contributed by atoms with E-state index in [9.17, 15) is 18.0 Å². The highest BCUT2D eigenvalue weighted by Crippen LogP contribution is 2.16. The molecule has 9 heteroatoms. The molecular formula is C21H27N3O5S. The molecule has 0 fully saturated rings. The van der Waals surface area contributed by atoms with Crippen molar-refractivity contribution in [2.75, 3.05) is 25.0 Å². The van der Waals surface area contributed by atoms with Gasteiger partial charge in [-0.05, 0) is 49.2 Å². The highest BCUT2D eigenvalue weighted by atomic mass is 32.2. The molecule has 0 aromatic heterocycles. The van der Waals surface area contributed by atoms with E-state index in [0.717, 1.165) is 12.0 Å². The largest absolute Gasteiger partial charge is 0.494 e. The fourth-order valence-corrected chi connectivity index (χ4v) is 3.71. The molecule has 3 N–H and O–H groups in total.